The minimum Gasteiger partial charge on any atom is -0.491 e. The smallest absolute Gasteiger partial charge is 0.255 e. The van der Waals surface area contributed by atoms with Crippen LogP contribution in [0.1, 0.15) is 50.9 Å². The molecule has 3 rings (SSSR count). The summed E-state index contributed by atoms with van der Waals surface area (Å²) in [6.45, 7) is 8.77. The minimum absolute atomic E-state index is 0.0233. The molecule has 198 valence electrons. The minimum atomic E-state index is -0.921. The van der Waals surface area contributed by atoms with E-state index in [-0.39, 0.29) is 67.4 Å². The second-order valence-electron chi connectivity index (χ2n) is 9.96. The summed E-state index contributed by atoms with van der Waals surface area (Å²) in [5, 5.41) is 5.65. The predicted molar refractivity (Wildman–Crippen MR) is 133 cm³/mol. The van der Waals surface area contributed by atoms with Gasteiger partial charge < -0.3 is 29.9 Å². The van der Waals surface area contributed by atoms with Crippen molar-refractivity contribution in [3.8, 4) is 5.75 Å². The Hall–Kier alpha value is -3.14. The van der Waals surface area contributed by atoms with E-state index < -0.39 is 18.0 Å². The van der Waals surface area contributed by atoms with Crippen molar-refractivity contribution in [2.75, 3.05) is 33.3 Å². The zero-order valence-corrected chi connectivity index (χ0v) is 21.8. The lowest BCUT2D eigenvalue weighted by Crippen LogP contribution is -2.55. The summed E-state index contributed by atoms with van der Waals surface area (Å²) in [7, 11) is 1.66. The number of carbonyl (C=O) groups is 4. The van der Waals surface area contributed by atoms with Gasteiger partial charge in [-0.25, -0.2) is 0 Å². The highest BCUT2D eigenvalue weighted by atomic mass is 16.5. The van der Waals surface area contributed by atoms with Crippen LogP contribution >= 0.6 is 0 Å². The van der Waals surface area contributed by atoms with E-state index in [1.807, 2.05) is 27.7 Å². The molecule has 4 atom stereocenters. The highest BCUT2D eigenvalue weighted by Crippen LogP contribution is 2.20. The summed E-state index contributed by atoms with van der Waals surface area (Å²) in [5.41, 5.74) is 0.285. The molecule has 4 amide bonds. The molecule has 0 aromatic heterocycles. The summed E-state index contributed by atoms with van der Waals surface area (Å²) >= 11 is 0. The molecule has 1 fully saturated rings. The van der Waals surface area contributed by atoms with Crippen LogP contribution in [-0.2, 0) is 19.1 Å². The molecule has 0 bridgehead atoms. The Morgan fingerprint density at radius 2 is 1.72 bits per heavy atom. The number of benzene rings is 1. The fourth-order valence-electron chi connectivity index (χ4n) is 4.53. The summed E-state index contributed by atoms with van der Waals surface area (Å²) in [5.74, 6) is -1.06. The summed E-state index contributed by atoms with van der Waals surface area (Å²) in [6.07, 6.45) is -0.204. The largest absolute Gasteiger partial charge is 0.491 e. The van der Waals surface area contributed by atoms with E-state index >= 15 is 0 Å². The number of nitrogens with one attached hydrogen (secondary N) is 2. The number of hydrogen-bond donors (Lipinski definition) is 2. The van der Waals surface area contributed by atoms with Crippen LogP contribution < -0.4 is 15.4 Å². The van der Waals surface area contributed by atoms with Gasteiger partial charge in [-0.2, -0.15) is 0 Å². The molecule has 2 aliphatic rings. The number of para-hydroxylation sites is 1. The molecule has 2 N–H and O–H groups in total. The fraction of sp³-hybridized carbons (Fsp3) is 0.615. The lowest BCUT2D eigenvalue weighted by atomic mass is 10.0. The standard InChI is InChI=1S/C26H38N4O6/c1-16(2)23-26(34)29(5)12-13-35-21-9-7-6-8-19(21)24(32)27-20(10-11-22(31)28-23)25(33)30-14-17(3)36-18(4)15-30/h6-9,16-18,20,23H,10-15H2,1-5H3,(H,27,32)(H,28,31)/t17-,18+,20-,23-/m0/s1. The van der Waals surface area contributed by atoms with Gasteiger partial charge in [0.25, 0.3) is 5.91 Å². The van der Waals surface area contributed by atoms with Gasteiger partial charge in [0.05, 0.1) is 24.3 Å². The SMILES string of the molecule is CC(C)[C@@H]1NC(=O)CC[C@@H](C(=O)N2C[C@@H](C)O[C@@H](C)C2)NC(=O)c2ccccc2OCCN(C)C1=O. The van der Waals surface area contributed by atoms with E-state index in [0.29, 0.717) is 18.8 Å². The lowest BCUT2D eigenvalue weighted by molar-refractivity contribution is -0.145. The number of fused-ring (bicyclic) bond motifs is 1. The summed E-state index contributed by atoms with van der Waals surface area (Å²) in [4.78, 5) is 55.8. The van der Waals surface area contributed by atoms with Crippen molar-refractivity contribution in [2.24, 2.45) is 5.92 Å². The van der Waals surface area contributed by atoms with Gasteiger partial charge in [0.15, 0.2) is 0 Å². The van der Waals surface area contributed by atoms with E-state index in [2.05, 4.69) is 10.6 Å². The number of carbonyl (C=O) groups excluding carboxylic acids is 4. The highest BCUT2D eigenvalue weighted by Gasteiger charge is 2.33. The van der Waals surface area contributed by atoms with Gasteiger partial charge in [0.2, 0.25) is 17.7 Å². The zero-order valence-electron chi connectivity index (χ0n) is 21.8. The zero-order chi connectivity index (χ0) is 26.4. The van der Waals surface area contributed by atoms with Crippen molar-refractivity contribution in [3.05, 3.63) is 29.8 Å². The normalized spacial score (nSPS) is 26.8. The van der Waals surface area contributed by atoms with Crippen LogP contribution in [-0.4, -0.2) is 91.0 Å². The molecule has 1 saturated heterocycles. The van der Waals surface area contributed by atoms with Crippen molar-refractivity contribution in [2.45, 2.75) is 64.8 Å². The van der Waals surface area contributed by atoms with Crippen LogP contribution in [0.4, 0.5) is 0 Å². The molecule has 36 heavy (non-hydrogen) atoms. The Balaban J connectivity index is 1.89. The number of hydrogen-bond acceptors (Lipinski definition) is 6. The average molecular weight is 503 g/mol. The molecule has 10 heteroatoms. The molecule has 0 aliphatic carbocycles. The maximum atomic E-state index is 13.5. The van der Waals surface area contributed by atoms with E-state index in [1.165, 1.54) is 4.90 Å². The molecular formula is C26H38N4O6. The van der Waals surface area contributed by atoms with Crippen molar-refractivity contribution < 1.29 is 28.7 Å². The van der Waals surface area contributed by atoms with Gasteiger partial charge >= 0.3 is 0 Å². The predicted octanol–water partition coefficient (Wildman–Crippen LogP) is 1.19. The van der Waals surface area contributed by atoms with Crippen LogP contribution in [0.5, 0.6) is 5.75 Å². The maximum absolute atomic E-state index is 13.5. The number of morpholine rings is 1. The Morgan fingerprint density at radius 3 is 2.39 bits per heavy atom. The third-order valence-corrected chi connectivity index (χ3v) is 6.44. The monoisotopic (exact) mass is 502 g/mol. The number of nitrogens with zero attached hydrogens (tertiary/aromatic N) is 2. The lowest BCUT2D eigenvalue weighted by Gasteiger charge is -2.37. The Labute approximate surface area is 212 Å². The molecule has 0 radical (unpaired) electrons. The quantitative estimate of drug-likeness (QED) is 0.628. The number of rotatable bonds is 2. The molecule has 2 aliphatic heterocycles. The van der Waals surface area contributed by atoms with Crippen LogP contribution in [0, 0.1) is 5.92 Å². The second-order valence-corrected chi connectivity index (χ2v) is 9.96. The van der Waals surface area contributed by atoms with Gasteiger partial charge in [0.1, 0.15) is 24.4 Å². The first-order valence-electron chi connectivity index (χ1n) is 12.6. The topological polar surface area (TPSA) is 117 Å². The van der Waals surface area contributed by atoms with E-state index in [9.17, 15) is 19.2 Å². The van der Waals surface area contributed by atoms with Crippen LogP contribution in [0.2, 0.25) is 0 Å². The van der Waals surface area contributed by atoms with Crippen LogP contribution in [0.3, 0.4) is 0 Å². The molecule has 1 aromatic rings. The third kappa shape index (κ3) is 6.96. The molecular weight excluding hydrogens is 464 g/mol. The Bertz CT molecular complexity index is 958. The second kappa shape index (κ2) is 12.2. The number of ether oxygens (including phenoxy) is 2. The first kappa shape index (κ1) is 27.4. The molecule has 2 heterocycles. The number of likely N-dealkylation sites (N-methyl/N-ethyl adjacent to an activating group) is 1. The summed E-state index contributed by atoms with van der Waals surface area (Å²) < 4.78 is 11.6. The molecule has 0 saturated carbocycles. The Kier molecular flexibility index (Phi) is 9.31. The van der Waals surface area contributed by atoms with Gasteiger partial charge in [-0.15, -0.1) is 0 Å². The number of amides is 4. The van der Waals surface area contributed by atoms with Crippen molar-refractivity contribution >= 4 is 23.6 Å². The van der Waals surface area contributed by atoms with Crippen molar-refractivity contribution in [3.63, 3.8) is 0 Å². The fourth-order valence-corrected chi connectivity index (χ4v) is 4.53. The van der Waals surface area contributed by atoms with Gasteiger partial charge in [-0.1, -0.05) is 26.0 Å². The Morgan fingerprint density at radius 1 is 1.06 bits per heavy atom. The van der Waals surface area contributed by atoms with Gasteiger partial charge in [0, 0.05) is 26.6 Å². The van der Waals surface area contributed by atoms with Crippen molar-refractivity contribution in [1.82, 2.24) is 20.4 Å². The van der Waals surface area contributed by atoms with E-state index in [0.717, 1.165) is 0 Å². The van der Waals surface area contributed by atoms with Gasteiger partial charge in [-0.3, -0.25) is 19.2 Å². The first-order chi connectivity index (χ1) is 17.1. The van der Waals surface area contributed by atoms with Crippen LogP contribution in [0.15, 0.2) is 24.3 Å². The molecule has 1 aromatic carbocycles. The average Bonchev–Trinajstić information content (AvgIpc) is 2.83. The molecule has 0 spiro atoms. The van der Waals surface area contributed by atoms with Crippen molar-refractivity contribution in [1.29, 1.82) is 0 Å². The maximum Gasteiger partial charge on any atom is 0.255 e. The molecule has 10 nitrogen and oxygen atoms in total. The van der Waals surface area contributed by atoms with E-state index in [1.54, 1.807) is 36.2 Å². The third-order valence-electron chi connectivity index (χ3n) is 6.44. The summed E-state index contributed by atoms with van der Waals surface area (Å²) in [6, 6.07) is 5.15. The van der Waals surface area contributed by atoms with Crippen LogP contribution in [0.25, 0.3) is 0 Å². The molecule has 0 unspecified atom stereocenters. The first-order valence-corrected chi connectivity index (χ1v) is 12.6. The van der Waals surface area contributed by atoms with E-state index in [4.69, 9.17) is 9.47 Å². The highest BCUT2D eigenvalue weighted by molar-refractivity contribution is 6.00. The van der Waals surface area contributed by atoms with Gasteiger partial charge in [-0.05, 0) is 38.3 Å².